The van der Waals surface area contributed by atoms with E-state index in [4.69, 9.17) is 33.2 Å². The highest BCUT2D eigenvalue weighted by molar-refractivity contribution is 5.68. The third kappa shape index (κ3) is 7.07. The van der Waals surface area contributed by atoms with Crippen molar-refractivity contribution in [1.29, 1.82) is 0 Å². The average Bonchev–Trinajstić information content (AvgIpc) is 3.00. The van der Waals surface area contributed by atoms with Crippen LogP contribution in [0.2, 0.25) is 0 Å². The Balaban J connectivity index is 2.42. The van der Waals surface area contributed by atoms with Gasteiger partial charge in [0.25, 0.3) is 0 Å². The second kappa shape index (κ2) is 12.0. The summed E-state index contributed by atoms with van der Waals surface area (Å²) in [6.45, 7) is 2.15. The minimum absolute atomic E-state index is 0.528. The second-order valence-corrected chi connectivity index (χ2v) is 7.97. The fourth-order valence-corrected chi connectivity index (χ4v) is 3.64. The molecule has 0 bridgehead atoms. The largest absolute Gasteiger partial charge is 0.463 e. The first-order chi connectivity index (χ1) is 16.3. The van der Waals surface area contributed by atoms with E-state index in [1.165, 1.54) is 0 Å². The molecule has 4 N–H and O–H groups in total. The number of hydrogen-bond acceptors (Lipinski definition) is 15. The molecular formula is C20H30O15. The summed E-state index contributed by atoms with van der Waals surface area (Å²) in [6.07, 6.45) is -13.1. The SMILES string of the molecule is CC(=O)OC[C@H]1OC(OC2(COC(C)=O)O[C@H](CO)[C@@H](O)[C@@H]2O)[C@H](O)[C@@H](OC(C)=O)[C@@H]1OC(C)=O. The lowest BCUT2D eigenvalue weighted by Gasteiger charge is -2.45. The number of esters is 4. The van der Waals surface area contributed by atoms with Gasteiger partial charge < -0.3 is 53.6 Å². The quantitative estimate of drug-likeness (QED) is 0.178. The number of carbonyl (C=O) groups is 4. The van der Waals surface area contributed by atoms with Gasteiger partial charge in [0, 0.05) is 27.7 Å². The lowest BCUT2D eigenvalue weighted by molar-refractivity contribution is -0.384. The van der Waals surface area contributed by atoms with Crippen molar-refractivity contribution in [3.8, 4) is 0 Å². The van der Waals surface area contributed by atoms with Crippen molar-refractivity contribution in [2.45, 2.75) is 82.5 Å². The van der Waals surface area contributed by atoms with Gasteiger partial charge in [-0.05, 0) is 0 Å². The molecule has 15 heteroatoms. The highest BCUT2D eigenvalue weighted by atomic mass is 16.8. The Hall–Kier alpha value is -2.40. The van der Waals surface area contributed by atoms with E-state index in [9.17, 15) is 39.6 Å². The van der Waals surface area contributed by atoms with E-state index in [1.807, 2.05) is 0 Å². The molecule has 15 nitrogen and oxygen atoms in total. The molecule has 0 aromatic carbocycles. The lowest BCUT2D eigenvalue weighted by atomic mass is 9.98. The molecule has 0 amide bonds. The predicted octanol–water partition coefficient (Wildman–Crippen LogP) is -3.11. The van der Waals surface area contributed by atoms with Gasteiger partial charge in [0.1, 0.15) is 43.7 Å². The van der Waals surface area contributed by atoms with Crippen LogP contribution < -0.4 is 0 Å². The molecule has 2 heterocycles. The molecule has 2 aliphatic heterocycles. The number of aliphatic hydroxyl groups is 4. The molecule has 0 aliphatic carbocycles. The fourth-order valence-electron chi connectivity index (χ4n) is 3.64. The van der Waals surface area contributed by atoms with Gasteiger partial charge in [-0.3, -0.25) is 19.2 Å². The van der Waals surface area contributed by atoms with E-state index in [0.717, 1.165) is 27.7 Å². The maximum absolute atomic E-state index is 11.7. The van der Waals surface area contributed by atoms with Crippen molar-refractivity contribution in [1.82, 2.24) is 0 Å². The highest BCUT2D eigenvalue weighted by Crippen LogP contribution is 2.37. The van der Waals surface area contributed by atoms with Gasteiger partial charge >= 0.3 is 23.9 Å². The summed E-state index contributed by atoms with van der Waals surface area (Å²) >= 11 is 0. The summed E-state index contributed by atoms with van der Waals surface area (Å²) in [5.41, 5.74) is 0. The Morgan fingerprint density at radius 1 is 0.800 bits per heavy atom. The first kappa shape index (κ1) is 28.8. The van der Waals surface area contributed by atoms with Gasteiger partial charge in [-0.25, -0.2) is 0 Å². The van der Waals surface area contributed by atoms with Gasteiger partial charge in [-0.15, -0.1) is 0 Å². The van der Waals surface area contributed by atoms with Crippen molar-refractivity contribution >= 4 is 23.9 Å². The van der Waals surface area contributed by atoms with E-state index >= 15 is 0 Å². The monoisotopic (exact) mass is 510 g/mol. The molecule has 200 valence electrons. The number of carbonyl (C=O) groups excluding carboxylic acids is 4. The average molecular weight is 510 g/mol. The van der Waals surface area contributed by atoms with Crippen LogP contribution in [0.1, 0.15) is 27.7 Å². The maximum Gasteiger partial charge on any atom is 0.303 e. The van der Waals surface area contributed by atoms with Crippen LogP contribution in [0.15, 0.2) is 0 Å². The third-order valence-corrected chi connectivity index (χ3v) is 5.15. The number of rotatable bonds is 9. The van der Waals surface area contributed by atoms with Crippen LogP contribution in [0.5, 0.6) is 0 Å². The van der Waals surface area contributed by atoms with Crippen molar-refractivity contribution in [3.63, 3.8) is 0 Å². The predicted molar refractivity (Wildman–Crippen MR) is 107 cm³/mol. The Bertz CT molecular complexity index is 786. The number of aliphatic hydroxyl groups excluding tert-OH is 4. The zero-order chi connectivity index (χ0) is 26.5. The molecule has 2 unspecified atom stereocenters. The molecular weight excluding hydrogens is 480 g/mol. The van der Waals surface area contributed by atoms with E-state index in [-0.39, 0.29) is 0 Å². The van der Waals surface area contributed by atoms with Gasteiger partial charge in [-0.1, -0.05) is 0 Å². The minimum Gasteiger partial charge on any atom is -0.463 e. The van der Waals surface area contributed by atoms with Crippen molar-refractivity contribution in [2.24, 2.45) is 0 Å². The van der Waals surface area contributed by atoms with Crippen LogP contribution in [-0.2, 0) is 52.3 Å². The van der Waals surface area contributed by atoms with Gasteiger partial charge in [-0.2, -0.15) is 0 Å². The van der Waals surface area contributed by atoms with Crippen LogP contribution in [-0.4, -0.2) is 119 Å². The zero-order valence-electron chi connectivity index (χ0n) is 19.5. The van der Waals surface area contributed by atoms with Crippen LogP contribution in [0.4, 0.5) is 0 Å². The van der Waals surface area contributed by atoms with Gasteiger partial charge in [0.05, 0.1) is 6.61 Å². The molecule has 2 fully saturated rings. The standard InChI is InChI=1S/C20H30O15/c1-8(22)29-6-13-16(31-10(3)24)17(32-11(4)25)15(27)19(33-13)35-20(7-30-9(2)23)18(28)14(26)12(5-21)34-20/h12-19,21,26-28H,5-7H2,1-4H3/t12-,13-,14-,15-,16-,17-,18+,19?,20?/m1/s1. The normalized spacial score (nSPS) is 36.8. The van der Waals surface area contributed by atoms with Crippen LogP contribution in [0, 0.1) is 0 Å². The van der Waals surface area contributed by atoms with Crippen molar-refractivity contribution < 1.29 is 72.8 Å². The Labute approximate surface area is 199 Å². The topological polar surface area (TPSA) is 214 Å². The summed E-state index contributed by atoms with van der Waals surface area (Å²) < 4.78 is 36.8. The molecule has 2 rings (SSSR count). The molecule has 0 radical (unpaired) electrons. The molecule has 0 aromatic heterocycles. The molecule has 9 atom stereocenters. The summed E-state index contributed by atoms with van der Waals surface area (Å²) in [5.74, 6) is -5.58. The molecule has 0 aromatic rings. The molecule has 2 saturated heterocycles. The number of hydrogen-bond donors (Lipinski definition) is 4. The molecule has 2 aliphatic rings. The van der Waals surface area contributed by atoms with Crippen molar-refractivity contribution in [3.05, 3.63) is 0 Å². The number of ether oxygens (including phenoxy) is 7. The van der Waals surface area contributed by atoms with Crippen LogP contribution in [0.25, 0.3) is 0 Å². The fraction of sp³-hybridized carbons (Fsp3) is 0.800. The van der Waals surface area contributed by atoms with Crippen LogP contribution >= 0.6 is 0 Å². The Kier molecular flexibility index (Phi) is 9.91. The first-order valence-corrected chi connectivity index (χ1v) is 10.6. The third-order valence-electron chi connectivity index (χ3n) is 5.15. The molecule has 35 heavy (non-hydrogen) atoms. The Morgan fingerprint density at radius 3 is 1.86 bits per heavy atom. The summed E-state index contributed by atoms with van der Waals surface area (Å²) in [5, 5.41) is 41.2. The second-order valence-electron chi connectivity index (χ2n) is 7.97. The summed E-state index contributed by atoms with van der Waals surface area (Å²) in [7, 11) is 0. The lowest BCUT2D eigenvalue weighted by Crippen LogP contribution is -2.64. The first-order valence-electron chi connectivity index (χ1n) is 10.6. The van der Waals surface area contributed by atoms with Gasteiger partial charge in [0.15, 0.2) is 18.5 Å². The van der Waals surface area contributed by atoms with E-state index in [0.29, 0.717) is 0 Å². The molecule has 0 spiro atoms. The smallest absolute Gasteiger partial charge is 0.303 e. The highest BCUT2D eigenvalue weighted by Gasteiger charge is 2.60. The minimum atomic E-state index is -2.34. The van der Waals surface area contributed by atoms with E-state index in [1.54, 1.807) is 0 Å². The maximum atomic E-state index is 11.7. The van der Waals surface area contributed by atoms with Crippen molar-refractivity contribution in [2.75, 3.05) is 19.8 Å². The van der Waals surface area contributed by atoms with E-state index < -0.39 is 98.5 Å². The summed E-state index contributed by atoms with van der Waals surface area (Å²) in [4.78, 5) is 46.1. The Morgan fingerprint density at radius 2 is 1.37 bits per heavy atom. The summed E-state index contributed by atoms with van der Waals surface area (Å²) in [6, 6.07) is 0. The van der Waals surface area contributed by atoms with Crippen LogP contribution in [0.3, 0.4) is 0 Å². The van der Waals surface area contributed by atoms with E-state index in [2.05, 4.69) is 0 Å². The zero-order valence-corrected chi connectivity index (χ0v) is 19.5. The van der Waals surface area contributed by atoms with Gasteiger partial charge in [0.2, 0.25) is 5.79 Å². The molecule has 0 saturated carbocycles.